The summed E-state index contributed by atoms with van der Waals surface area (Å²) in [4.78, 5) is 0. The van der Waals surface area contributed by atoms with Crippen LogP contribution in [-0.2, 0) is 12.8 Å². The first kappa shape index (κ1) is 13.9. The molecule has 106 valence electrons. The van der Waals surface area contributed by atoms with E-state index < -0.39 is 0 Å². The summed E-state index contributed by atoms with van der Waals surface area (Å²) in [6.45, 7) is 5.25. The summed E-state index contributed by atoms with van der Waals surface area (Å²) < 4.78 is 0. The Balaban J connectivity index is 0.000000409. The van der Waals surface area contributed by atoms with E-state index in [4.69, 9.17) is 0 Å². The van der Waals surface area contributed by atoms with Gasteiger partial charge in [0.2, 0.25) is 0 Å². The molecule has 1 aliphatic rings. The molecule has 0 fully saturated rings. The summed E-state index contributed by atoms with van der Waals surface area (Å²) in [5.41, 5.74) is 3.17. The van der Waals surface area contributed by atoms with Gasteiger partial charge in [0.25, 0.3) is 0 Å². The lowest BCUT2D eigenvalue weighted by atomic mass is 9.86. The molecule has 0 amide bonds. The topological polar surface area (TPSA) is 0 Å². The molecular weight excluding hydrogens is 252 g/mol. The molecule has 0 aliphatic heterocycles. The maximum Gasteiger partial charge on any atom is -0.0102 e. The average Bonchev–Trinajstić information content (AvgIpc) is 2.55. The zero-order valence-electron chi connectivity index (χ0n) is 12.7. The second kappa shape index (κ2) is 6.13. The van der Waals surface area contributed by atoms with Gasteiger partial charge in [-0.25, -0.2) is 0 Å². The minimum Gasteiger partial charge on any atom is -0.103 e. The lowest BCUT2D eigenvalue weighted by Crippen LogP contribution is -2.02. The quantitative estimate of drug-likeness (QED) is 0.345. The molecule has 0 atom stereocenters. The molecule has 0 saturated carbocycles. The third-order valence-electron chi connectivity index (χ3n) is 4.26. The predicted octanol–water partition coefficient (Wildman–Crippen LogP) is 6.06. The van der Waals surface area contributed by atoms with E-state index >= 15 is 0 Å². The number of fused-ring (bicyclic) bond motifs is 5. The smallest absolute Gasteiger partial charge is 0.0102 e. The minimum atomic E-state index is 1.25. The zero-order chi connectivity index (χ0) is 14.7. The second-order valence-electron chi connectivity index (χ2n) is 5.70. The molecule has 3 aromatic carbocycles. The molecule has 3 aromatic rings. The Morgan fingerprint density at radius 1 is 0.810 bits per heavy atom. The Labute approximate surface area is 127 Å². The van der Waals surface area contributed by atoms with Gasteiger partial charge in [0, 0.05) is 0 Å². The van der Waals surface area contributed by atoms with Gasteiger partial charge in [0.15, 0.2) is 0 Å². The number of aryl methyl sites for hydroxylation is 2. The van der Waals surface area contributed by atoms with E-state index in [2.05, 4.69) is 55.1 Å². The van der Waals surface area contributed by atoms with Gasteiger partial charge < -0.3 is 0 Å². The van der Waals surface area contributed by atoms with Gasteiger partial charge in [-0.1, -0.05) is 54.6 Å². The Kier molecular flexibility index (Phi) is 4.06. The molecule has 0 aromatic heterocycles. The van der Waals surface area contributed by atoms with Crippen LogP contribution in [0.4, 0.5) is 0 Å². The van der Waals surface area contributed by atoms with E-state index in [1.807, 2.05) is 6.92 Å². The van der Waals surface area contributed by atoms with E-state index in [-0.39, 0.29) is 0 Å². The molecule has 0 radical (unpaired) electrons. The fourth-order valence-electron chi connectivity index (χ4n) is 3.34. The summed E-state index contributed by atoms with van der Waals surface area (Å²) in [7, 11) is 0. The van der Waals surface area contributed by atoms with E-state index in [1.54, 1.807) is 17.2 Å². The summed E-state index contributed by atoms with van der Waals surface area (Å²) in [5, 5.41) is 5.64. The van der Waals surface area contributed by atoms with Crippen LogP contribution < -0.4 is 0 Å². The highest BCUT2D eigenvalue weighted by Gasteiger charge is 2.12. The van der Waals surface area contributed by atoms with Crippen LogP contribution in [0.25, 0.3) is 21.5 Å². The largest absolute Gasteiger partial charge is 0.103 e. The van der Waals surface area contributed by atoms with E-state index in [9.17, 15) is 0 Å². The van der Waals surface area contributed by atoms with Crippen LogP contribution in [0.5, 0.6) is 0 Å². The van der Waals surface area contributed by atoms with Crippen LogP contribution in [0.1, 0.15) is 30.9 Å². The molecule has 0 heteroatoms. The highest BCUT2D eigenvalue weighted by molar-refractivity contribution is 6.08. The standard InChI is InChI=1S/C18H16.C3H6/c1-3-7-15-13(5-1)9-11-18-16-8-4-2-6-14(16)10-12-17(15)18;1-3-2/h1,3,5,7,9-12H,2,4,6,8H2;3H,1H2,2H3. The molecule has 0 N–H and O–H groups in total. The van der Waals surface area contributed by atoms with Gasteiger partial charge in [0.05, 0.1) is 0 Å². The first-order chi connectivity index (χ1) is 10.3. The number of hydrogen-bond acceptors (Lipinski definition) is 0. The molecule has 0 bridgehead atoms. The lowest BCUT2D eigenvalue weighted by Gasteiger charge is -2.18. The van der Waals surface area contributed by atoms with Gasteiger partial charge in [-0.2, -0.15) is 0 Å². The highest BCUT2D eigenvalue weighted by Crippen LogP contribution is 2.32. The van der Waals surface area contributed by atoms with Crippen LogP contribution in [0.15, 0.2) is 61.2 Å². The van der Waals surface area contributed by atoms with Crippen molar-refractivity contribution in [2.24, 2.45) is 0 Å². The molecule has 0 spiro atoms. The molecule has 0 unspecified atom stereocenters. The fraction of sp³-hybridized carbons (Fsp3) is 0.238. The second-order valence-corrected chi connectivity index (χ2v) is 5.70. The van der Waals surface area contributed by atoms with Gasteiger partial charge in [0.1, 0.15) is 0 Å². The molecule has 1 aliphatic carbocycles. The fourth-order valence-corrected chi connectivity index (χ4v) is 3.34. The number of benzene rings is 3. The molecule has 0 heterocycles. The van der Waals surface area contributed by atoms with E-state index in [1.165, 1.54) is 47.2 Å². The Morgan fingerprint density at radius 2 is 1.52 bits per heavy atom. The Morgan fingerprint density at radius 3 is 2.38 bits per heavy atom. The van der Waals surface area contributed by atoms with Crippen molar-refractivity contribution < 1.29 is 0 Å². The SMILES string of the molecule is C=CC.c1ccc2c(c1)ccc1c3c(ccc12)CCCC3. The first-order valence-corrected chi connectivity index (χ1v) is 7.84. The van der Waals surface area contributed by atoms with Crippen LogP contribution in [0, 0.1) is 0 Å². The summed E-state index contributed by atoms with van der Waals surface area (Å²) in [6, 6.07) is 18.0. The van der Waals surface area contributed by atoms with Crippen molar-refractivity contribution in [1.82, 2.24) is 0 Å². The van der Waals surface area contributed by atoms with Gasteiger partial charge in [-0.3, -0.25) is 0 Å². The first-order valence-electron chi connectivity index (χ1n) is 7.84. The summed E-state index contributed by atoms with van der Waals surface area (Å²) >= 11 is 0. The normalized spacial score (nSPS) is 13.4. The predicted molar refractivity (Wildman–Crippen MR) is 94.0 cm³/mol. The van der Waals surface area contributed by atoms with Crippen LogP contribution in [0.3, 0.4) is 0 Å². The minimum absolute atomic E-state index is 1.25. The highest BCUT2D eigenvalue weighted by atomic mass is 14.2. The molecule has 4 rings (SSSR count). The van der Waals surface area contributed by atoms with E-state index in [0.717, 1.165) is 0 Å². The summed E-state index contributed by atoms with van der Waals surface area (Å²) in [6.07, 6.45) is 6.97. The Bertz CT molecular complexity index is 780. The third kappa shape index (κ3) is 2.58. The monoisotopic (exact) mass is 274 g/mol. The van der Waals surface area contributed by atoms with Crippen molar-refractivity contribution >= 4 is 21.5 Å². The van der Waals surface area contributed by atoms with Gasteiger partial charge in [-0.15, -0.1) is 6.58 Å². The maximum atomic E-state index is 3.36. The molecular formula is C21H22. The van der Waals surface area contributed by atoms with Crippen molar-refractivity contribution in [3.8, 4) is 0 Å². The molecule has 0 nitrogen and oxygen atoms in total. The van der Waals surface area contributed by atoms with Crippen molar-refractivity contribution in [3.63, 3.8) is 0 Å². The molecule has 21 heavy (non-hydrogen) atoms. The molecule has 0 saturated heterocycles. The number of allylic oxidation sites excluding steroid dienone is 1. The lowest BCUT2D eigenvalue weighted by molar-refractivity contribution is 0.690. The maximum absolute atomic E-state index is 3.36. The van der Waals surface area contributed by atoms with Crippen molar-refractivity contribution in [1.29, 1.82) is 0 Å². The average molecular weight is 274 g/mol. The van der Waals surface area contributed by atoms with Crippen LogP contribution >= 0.6 is 0 Å². The van der Waals surface area contributed by atoms with Crippen molar-refractivity contribution in [2.75, 3.05) is 0 Å². The van der Waals surface area contributed by atoms with Crippen molar-refractivity contribution in [2.45, 2.75) is 32.6 Å². The number of rotatable bonds is 0. The van der Waals surface area contributed by atoms with Gasteiger partial charge in [-0.05, 0) is 65.3 Å². The third-order valence-corrected chi connectivity index (χ3v) is 4.26. The summed E-state index contributed by atoms with van der Waals surface area (Å²) in [5.74, 6) is 0. The Hall–Kier alpha value is -2.08. The van der Waals surface area contributed by atoms with Crippen LogP contribution in [0.2, 0.25) is 0 Å². The van der Waals surface area contributed by atoms with E-state index in [0.29, 0.717) is 0 Å². The van der Waals surface area contributed by atoms with Gasteiger partial charge >= 0.3 is 0 Å². The zero-order valence-corrected chi connectivity index (χ0v) is 12.7. The number of hydrogen-bond donors (Lipinski definition) is 0. The van der Waals surface area contributed by atoms with Crippen LogP contribution in [-0.4, -0.2) is 0 Å². The van der Waals surface area contributed by atoms with Crippen molar-refractivity contribution in [3.05, 3.63) is 72.3 Å².